The van der Waals surface area contributed by atoms with Gasteiger partial charge in [-0.05, 0) is 31.5 Å². The van der Waals surface area contributed by atoms with Gasteiger partial charge in [-0.25, -0.2) is 13.1 Å². The number of nitrogens with zero attached hydrogens (tertiary/aromatic N) is 1. The SMILES string of the molecule is Cc1ccc([C@@H](CN2CCOCC2)NS(=O)(=O)c2ccc(C)cc2)cc1. The van der Waals surface area contributed by atoms with E-state index in [1.54, 1.807) is 12.1 Å². The maximum absolute atomic E-state index is 12.9. The number of hydrogen-bond donors (Lipinski definition) is 1. The smallest absolute Gasteiger partial charge is 0.241 e. The molecule has 2 aromatic rings. The minimum absolute atomic E-state index is 0.294. The van der Waals surface area contributed by atoms with Crippen LogP contribution < -0.4 is 4.72 Å². The largest absolute Gasteiger partial charge is 0.379 e. The van der Waals surface area contributed by atoms with E-state index in [2.05, 4.69) is 9.62 Å². The van der Waals surface area contributed by atoms with Gasteiger partial charge in [-0.15, -0.1) is 0 Å². The second kappa shape index (κ2) is 8.31. The Labute approximate surface area is 156 Å². The molecule has 0 unspecified atom stereocenters. The van der Waals surface area contributed by atoms with Gasteiger partial charge < -0.3 is 4.74 Å². The number of morpholine rings is 1. The van der Waals surface area contributed by atoms with Gasteiger partial charge in [0.1, 0.15) is 0 Å². The minimum atomic E-state index is -3.59. The molecule has 1 fully saturated rings. The van der Waals surface area contributed by atoms with Gasteiger partial charge in [0.25, 0.3) is 0 Å². The van der Waals surface area contributed by atoms with E-state index in [0.29, 0.717) is 24.7 Å². The number of ether oxygens (including phenoxy) is 1. The molecule has 1 saturated heterocycles. The molecule has 26 heavy (non-hydrogen) atoms. The van der Waals surface area contributed by atoms with Gasteiger partial charge in [-0.2, -0.15) is 0 Å². The summed E-state index contributed by atoms with van der Waals surface area (Å²) < 4.78 is 34.1. The molecule has 1 atom stereocenters. The second-order valence-corrected chi connectivity index (χ2v) is 8.52. The maximum Gasteiger partial charge on any atom is 0.241 e. The number of rotatable bonds is 6. The Morgan fingerprint density at radius 3 is 2.08 bits per heavy atom. The lowest BCUT2D eigenvalue weighted by Crippen LogP contribution is -2.43. The van der Waals surface area contributed by atoms with Crippen LogP contribution in [0.5, 0.6) is 0 Å². The van der Waals surface area contributed by atoms with Crippen molar-refractivity contribution in [3.63, 3.8) is 0 Å². The monoisotopic (exact) mass is 374 g/mol. The van der Waals surface area contributed by atoms with Crippen molar-refractivity contribution in [3.8, 4) is 0 Å². The average molecular weight is 375 g/mol. The van der Waals surface area contributed by atoms with Crippen LogP contribution in [0.4, 0.5) is 0 Å². The molecular formula is C20H26N2O3S. The van der Waals surface area contributed by atoms with Crippen molar-refractivity contribution in [2.75, 3.05) is 32.8 Å². The van der Waals surface area contributed by atoms with Gasteiger partial charge in [0, 0.05) is 19.6 Å². The van der Waals surface area contributed by atoms with E-state index < -0.39 is 10.0 Å². The van der Waals surface area contributed by atoms with Crippen LogP contribution in [-0.2, 0) is 14.8 Å². The molecule has 1 heterocycles. The first-order valence-corrected chi connectivity index (χ1v) is 10.4. The molecule has 2 aromatic carbocycles. The van der Waals surface area contributed by atoms with Crippen LogP contribution in [0, 0.1) is 13.8 Å². The van der Waals surface area contributed by atoms with Crippen molar-refractivity contribution >= 4 is 10.0 Å². The van der Waals surface area contributed by atoms with Crippen LogP contribution in [0.25, 0.3) is 0 Å². The Morgan fingerprint density at radius 1 is 0.962 bits per heavy atom. The summed E-state index contributed by atoms with van der Waals surface area (Å²) in [6.45, 7) is 7.59. The van der Waals surface area contributed by atoms with Crippen molar-refractivity contribution in [1.82, 2.24) is 9.62 Å². The van der Waals surface area contributed by atoms with Crippen molar-refractivity contribution in [1.29, 1.82) is 0 Å². The Hall–Kier alpha value is -1.73. The molecular weight excluding hydrogens is 348 g/mol. The van der Waals surface area contributed by atoms with E-state index in [4.69, 9.17) is 4.74 Å². The third-order valence-electron chi connectivity index (χ3n) is 4.65. The molecule has 0 radical (unpaired) electrons. The van der Waals surface area contributed by atoms with Gasteiger partial charge in [-0.3, -0.25) is 4.90 Å². The fourth-order valence-electron chi connectivity index (χ4n) is 3.02. The fourth-order valence-corrected chi connectivity index (χ4v) is 4.24. The molecule has 140 valence electrons. The highest BCUT2D eigenvalue weighted by Gasteiger charge is 2.24. The summed E-state index contributed by atoms with van der Waals surface area (Å²) in [5.41, 5.74) is 3.16. The number of sulfonamides is 1. The molecule has 3 rings (SSSR count). The zero-order chi connectivity index (χ0) is 18.6. The van der Waals surface area contributed by atoms with Gasteiger partial charge in [0.15, 0.2) is 0 Å². The maximum atomic E-state index is 12.9. The van der Waals surface area contributed by atoms with Crippen molar-refractivity contribution in [2.45, 2.75) is 24.8 Å². The third-order valence-corrected chi connectivity index (χ3v) is 6.14. The van der Waals surface area contributed by atoms with E-state index in [1.807, 2.05) is 50.2 Å². The predicted molar refractivity (Wildman–Crippen MR) is 103 cm³/mol. The molecule has 1 N–H and O–H groups in total. The fraction of sp³-hybridized carbons (Fsp3) is 0.400. The van der Waals surface area contributed by atoms with E-state index in [0.717, 1.165) is 29.8 Å². The number of aryl methyl sites for hydroxylation is 2. The molecule has 1 aliphatic rings. The number of nitrogens with one attached hydrogen (secondary N) is 1. The summed E-state index contributed by atoms with van der Waals surface area (Å²) in [5.74, 6) is 0. The molecule has 0 aliphatic carbocycles. The normalized spacial score (nSPS) is 17.2. The molecule has 0 aromatic heterocycles. The first kappa shape index (κ1) is 19.0. The lowest BCUT2D eigenvalue weighted by atomic mass is 10.1. The van der Waals surface area contributed by atoms with Crippen LogP contribution in [0.15, 0.2) is 53.4 Å². The molecule has 0 spiro atoms. The zero-order valence-electron chi connectivity index (χ0n) is 15.3. The van der Waals surface area contributed by atoms with Gasteiger partial charge in [-0.1, -0.05) is 47.5 Å². The quantitative estimate of drug-likeness (QED) is 0.845. The lowest BCUT2D eigenvalue weighted by Gasteiger charge is -2.31. The first-order chi connectivity index (χ1) is 12.4. The van der Waals surface area contributed by atoms with Crippen LogP contribution >= 0.6 is 0 Å². The Morgan fingerprint density at radius 2 is 1.50 bits per heavy atom. The second-order valence-electron chi connectivity index (χ2n) is 6.81. The van der Waals surface area contributed by atoms with E-state index in [-0.39, 0.29) is 6.04 Å². The number of benzene rings is 2. The van der Waals surface area contributed by atoms with Gasteiger partial charge >= 0.3 is 0 Å². The average Bonchev–Trinajstić information content (AvgIpc) is 2.63. The van der Waals surface area contributed by atoms with Crippen molar-refractivity contribution < 1.29 is 13.2 Å². The lowest BCUT2D eigenvalue weighted by molar-refractivity contribution is 0.0345. The summed E-state index contributed by atoms with van der Waals surface area (Å²) in [6, 6.07) is 14.7. The van der Waals surface area contributed by atoms with Crippen LogP contribution in [0.2, 0.25) is 0 Å². The number of hydrogen-bond acceptors (Lipinski definition) is 4. The topological polar surface area (TPSA) is 58.6 Å². The molecule has 5 nitrogen and oxygen atoms in total. The minimum Gasteiger partial charge on any atom is -0.379 e. The van der Waals surface area contributed by atoms with E-state index >= 15 is 0 Å². The van der Waals surface area contributed by atoms with Crippen LogP contribution in [0.1, 0.15) is 22.7 Å². The molecule has 1 aliphatic heterocycles. The molecule has 0 amide bonds. The summed E-state index contributed by atoms with van der Waals surface area (Å²) in [6.07, 6.45) is 0. The Balaban J connectivity index is 1.84. The Kier molecular flexibility index (Phi) is 6.09. The Bertz CT molecular complexity index is 811. The molecule has 0 saturated carbocycles. The van der Waals surface area contributed by atoms with Crippen LogP contribution in [0.3, 0.4) is 0 Å². The van der Waals surface area contributed by atoms with Gasteiger partial charge in [0.05, 0.1) is 24.2 Å². The standard InChI is InChI=1S/C20H26N2O3S/c1-16-3-7-18(8-4-16)20(15-22-11-13-25-14-12-22)21-26(23,24)19-9-5-17(2)6-10-19/h3-10,20-21H,11-15H2,1-2H3/t20-/m1/s1. The van der Waals surface area contributed by atoms with Crippen molar-refractivity contribution in [2.24, 2.45) is 0 Å². The summed E-state index contributed by atoms with van der Waals surface area (Å²) >= 11 is 0. The van der Waals surface area contributed by atoms with Gasteiger partial charge in [0.2, 0.25) is 10.0 Å². The molecule has 0 bridgehead atoms. The highest BCUT2D eigenvalue weighted by atomic mass is 32.2. The van der Waals surface area contributed by atoms with E-state index in [9.17, 15) is 8.42 Å². The first-order valence-electron chi connectivity index (χ1n) is 8.90. The summed E-state index contributed by atoms with van der Waals surface area (Å²) in [4.78, 5) is 2.54. The van der Waals surface area contributed by atoms with E-state index in [1.165, 1.54) is 0 Å². The highest BCUT2D eigenvalue weighted by molar-refractivity contribution is 7.89. The highest BCUT2D eigenvalue weighted by Crippen LogP contribution is 2.20. The third kappa shape index (κ3) is 4.92. The zero-order valence-corrected chi connectivity index (χ0v) is 16.1. The predicted octanol–water partition coefficient (Wildman–Crippen LogP) is 2.66. The van der Waals surface area contributed by atoms with Crippen LogP contribution in [-0.4, -0.2) is 46.2 Å². The molecule has 6 heteroatoms. The summed E-state index contributed by atoms with van der Waals surface area (Å²) in [5, 5.41) is 0. The van der Waals surface area contributed by atoms with Crippen molar-refractivity contribution in [3.05, 3.63) is 65.2 Å². The summed E-state index contributed by atoms with van der Waals surface area (Å²) in [7, 11) is -3.59.